The van der Waals surface area contributed by atoms with Gasteiger partial charge in [-0.3, -0.25) is 0 Å². The second kappa shape index (κ2) is 2.80. The van der Waals surface area contributed by atoms with Crippen molar-refractivity contribution in [3.8, 4) is 0 Å². The van der Waals surface area contributed by atoms with E-state index >= 15 is 0 Å². The molecular formula is C6H2Br2F. The molecule has 1 radical (unpaired) electrons. The molecule has 0 saturated carbocycles. The first-order valence-corrected chi connectivity index (χ1v) is 3.81. The zero-order valence-electron chi connectivity index (χ0n) is 4.29. The molecule has 1 rings (SSSR count). The van der Waals surface area contributed by atoms with Crippen LogP contribution >= 0.6 is 31.9 Å². The number of halogens is 3. The van der Waals surface area contributed by atoms with Gasteiger partial charge in [0.2, 0.25) is 0 Å². The van der Waals surface area contributed by atoms with Crippen LogP contribution in [0.25, 0.3) is 0 Å². The van der Waals surface area contributed by atoms with Crippen LogP contribution in [0.2, 0.25) is 0 Å². The summed E-state index contributed by atoms with van der Waals surface area (Å²) in [6, 6.07) is 5.78. The van der Waals surface area contributed by atoms with E-state index in [0.717, 1.165) is 0 Å². The highest BCUT2D eigenvalue weighted by Crippen LogP contribution is 2.18. The molecule has 1 aromatic carbocycles. The van der Waals surface area contributed by atoms with Gasteiger partial charge in [0.1, 0.15) is 5.82 Å². The lowest BCUT2D eigenvalue weighted by atomic mass is 10.4. The quantitative estimate of drug-likeness (QED) is 0.623. The van der Waals surface area contributed by atoms with E-state index in [0.29, 0.717) is 8.95 Å². The second-order valence-corrected chi connectivity index (χ2v) is 3.18. The van der Waals surface area contributed by atoms with Gasteiger partial charge in [0, 0.05) is 10.5 Å². The fourth-order valence-electron chi connectivity index (χ4n) is 0.426. The minimum atomic E-state index is -0.371. The molecule has 0 unspecified atom stereocenters. The van der Waals surface area contributed by atoms with Gasteiger partial charge in [-0.2, -0.15) is 0 Å². The van der Waals surface area contributed by atoms with Crippen molar-refractivity contribution in [2.24, 2.45) is 0 Å². The highest BCUT2D eigenvalue weighted by atomic mass is 79.9. The average molecular weight is 253 g/mol. The molecule has 3 heteroatoms. The number of hydrogen-bond donors (Lipinski definition) is 0. The van der Waals surface area contributed by atoms with Gasteiger partial charge in [-0.05, 0) is 28.1 Å². The van der Waals surface area contributed by atoms with Crippen molar-refractivity contribution in [2.75, 3.05) is 0 Å². The summed E-state index contributed by atoms with van der Waals surface area (Å²) in [5.41, 5.74) is 0. The largest absolute Gasteiger partial charge is 0.205 e. The van der Waals surface area contributed by atoms with Crippen LogP contribution in [0, 0.1) is 11.9 Å². The van der Waals surface area contributed by atoms with E-state index in [-0.39, 0.29) is 5.82 Å². The lowest BCUT2D eigenvalue weighted by Crippen LogP contribution is -1.75. The van der Waals surface area contributed by atoms with Gasteiger partial charge < -0.3 is 0 Å². The van der Waals surface area contributed by atoms with Crippen molar-refractivity contribution in [2.45, 2.75) is 0 Å². The van der Waals surface area contributed by atoms with Gasteiger partial charge in [-0.1, -0.05) is 15.9 Å². The number of benzene rings is 1. The van der Waals surface area contributed by atoms with Crippen LogP contribution in [0.5, 0.6) is 0 Å². The van der Waals surface area contributed by atoms with Gasteiger partial charge in [0.25, 0.3) is 0 Å². The van der Waals surface area contributed by atoms with E-state index in [1.165, 1.54) is 0 Å². The van der Waals surface area contributed by atoms with Gasteiger partial charge in [-0.15, -0.1) is 0 Å². The lowest BCUT2D eigenvalue weighted by molar-refractivity contribution is 0.618. The molecule has 0 spiro atoms. The molecule has 0 saturated heterocycles. The predicted octanol–water partition coefficient (Wildman–Crippen LogP) is 3.15. The fourth-order valence-corrected chi connectivity index (χ4v) is 0.963. The standard InChI is InChI=1S/C6H2Br2F/c7-4-1-2-5(8)6(9)3-4/h1-2H. The molecule has 0 aliphatic rings. The summed E-state index contributed by atoms with van der Waals surface area (Å²) in [5.74, 6) is -0.371. The van der Waals surface area contributed by atoms with E-state index < -0.39 is 0 Å². The predicted molar refractivity (Wildman–Crippen MR) is 40.6 cm³/mol. The Bertz CT molecular complexity index is 222. The third-order valence-corrected chi connectivity index (χ3v) is 1.89. The molecule has 0 aromatic heterocycles. The molecule has 0 amide bonds. The van der Waals surface area contributed by atoms with Gasteiger partial charge >= 0.3 is 0 Å². The molecular weight excluding hydrogens is 251 g/mol. The van der Waals surface area contributed by atoms with Gasteiger partial charge in [-0.25, -0.2) is 4.39 Å². The molecule has 0 fully saturated rings. The van der Waals surface area contributed by atoms with Gasteiger partial charge in [0.05, 0.1) is 4.47 Å². The highest BCUT2D eigenvalue weighted by Gasteiger charge is 1.96. The summed E-state index contributed by atoms with van der Waals surface area (Å²) in [4.78, 5) is 0. The molecule has 0 atom stereocenters. The van der Waals surface area contributed by atoms with E-state index in [9.17, 15) is 4.39 Å². The number of hydrogen-bond acceptors (Lipinski definition) is 0. The maximum absolute atomic E-state index is 12.4. The van der Waals surface area contributed by atoms with Crippen molar-refractivity contribution in [1.29, 1.82) is 0 Å². The monoisotopic (exact) mass is 251 g/mol. The first-order chi connectivity index (χ1) is 4.20. The smallest absolute Gasteiger partial charge is 0.146 e. The first-order valence-electron chi connectivity index (χ1n) is 2.23. The van der Waals surface area contributed by atoms with E-state index in [2.05, 4.69) is 37.9 Å². The van der Waals surface area contributed by atoms with Crippen molar-refractivity contribution in [3.63, 3.8) is 0 Å². The Hall–Kier alpha value is 0.110. The zero-order valence-corrected chi connectivity index (χ0v) is 7.46. The van der Waals surface area contributed by atoms with E-state index in [4.69, 9.17) is 0 Å². The number of rotatable bonds is 0. The Morgan fingerprint density at radius 2 is 2.00 bits per heavy atom. The molecule has 1 aromatic rings. The summed E-state index contributed by atoms with van der Waals surface area (Å²) in [6.07, 6.45) is 0. The second-order valence-electron chi connectivity index (χ2n) is 1.47. The van der Waals surface area contributed by atoms with Crippen molar-refractivity contribution < 1.29 is 4.39 Å². The summed E-state index contributed by atoms with van der Waals surface area (Å²) in [5, 5.41) is 0. The van der Waals surface area contributed by atoms with Crippen LogP contribution in [0.1, 0.15) is 0 Å². The average Bonchev–Trinajstić information content (AvgIpc) is 1.80. The summed E-state index contributed by atoms with van der Waals surface area (Å²) in [7, 11) is 0. The molecule has 0 aliphatic heterocycles. The summed E-state index contributed by atoms with van der Waals surface area (Å²) >= 11 is 6.08. The zero-order chi connectivity index (χ0) is 6.85. The van der Waals surface area contributed by atoms with Crippen molar-refractivity contribution in [1.82, 2.24) is 0 Å². The Balaban J connectivity index is 3.17. The van der Waals surface area contributed by atoms with Crippen LogP contribution in [-0.4, -0.2) is 0 Å². The Kier molecular flexibility index (Phi) is 2.24. The molecule has 0 aliphatic carbocycles. The molecule has 9 heavy (non-hydrogen) atoms. The maximum atomic E-state index is 12.4. The topological polar surface area (TPSA) is 0 Å². The van der Waals surface area contributed by atoms with Crippen molar-refractivity contribution >= 4 is 31.9 Å². The van der Waals surface area contributed by atoms with Gasteiger partial charge in [0.15, 0.2) is 0 Å². The summed E-state index contributed by atoms with van der Waals surface area (Å²) < 4.78 is 13.5. The van der Waals surface area contributed by atoms with E-state index in [1.54, 1.807) is 12.1 Å². The molecule has 0 nitrogen and oxygen atoms in total. The normalized spacial score (nSPS) is 9.67. The highest BCUT2D eigenvalue weighted by molar-refractivity contribution is 9.11. The van der Waals surface area contributed by atoms with Crippen molar-refractivity contribution in [3.05, 3.63) is 33.0 Å². The maximum Gasteiger partial charge on any atom is 0.146 e. The van der Waals surface area contributed by atoms with Crippen LogP contribution in [0.3, 0.4) is 0 Å². The molecule has 0 N–H and O–H groups in total. The Morgan fingerprint density at radius 1 is 1.33 bits per heavy atom. The lowest BCUT2D eigenvalue weighted by Gasteiger charge is -1.91. The third kappa shape index (κ3) is 1.76. The third-order valence-electron chi connectivity index (χ3n) is 0.815. The Morgan fingerprint density at radius 3 is 2.44 bits per heavy atom. The first kappa shape index (κ1) is 7.22. The van der Waals surface area contributed by atoms with E-state index in [1.807, 2.05) is 0 Å². The van der Waals surface area contributed by atoms with Crippen LogP contribution in [0.15, 0.2) is 21.1 Å². The minimum Gasteiger partial charge on any atom is -0.205 e. The fraction of sp³-hybridized carbons (Fsp3) is 0. The summed E-state index contributed by atoms with van der Waals surface area (Å²) in [6.45, 7) is 0. The van der Waals surface area contributed by atoms with Crippen LogP contribution in [0.4, 0.5) is 4.39 Å². The molecule has 47 valence electrons. The molecule has 0 heterocycles. The molecule has 0 bridgehead atoms. The Labute approximate surface area is 69.3 Å². The SMILES string of the molecule is Fc1[c]c(Br)ccc1Br. The van der Waals surface area contributed by atoms with Crippen LogP contribution < -0.4 is 0 Å². The minimum absolute atomic E-state index is 0.371. The van der Waals surface area contributed by atoms with Crippen LogP contribution in [-0.2, 0) is 0 Å².